The summed E-state index contributed by atoms with van der Waals surface area (Å²) in [6, 6.07) is 12.8. The van der Waals surface area contributed by atoms with Crippen molar-refractivity contribution in [1.82, 2.24) is 19.5 Å². The average molecular weight is 438 g/mol. The molecule has 33 heavy (non-hydrogen) atoms. The number of hydrogen-bond donors (Lipinski definition) is 1. The molecule has 0 atom stereocenters. The molecule has 4 aromatic rings. The molecule has 0 amide bonds. The number of aromatic nitrogens is 4. The molecule has 164 valence electrons. The van der Waals surface area contributed by atoms with Crippen molar-refractivity contribution in [3.8, 4) is 16.8 Å². The normalized spacial score (nSPS) is 13.1. The molecule has 7 heteroatoms. The summed E-state index contributed by atoms with van der Waals surface area (Å²) in [5.41, 5.74) is 11.0. The van der Waals surface area contributed by atoms with E-state index < -0.39 is 0 Å². The Bertz CT molecular complexity index is 1360. The highest BCUT2D eigenvalue weighted by Crippen LogP contribution is 2.34. The fraction of sp³-hybridized carbons (Fsp3) is 0.192. The van der Waals surface area contributed by atoms with Crippen molar-refractivity contribution in [3.63, 3.8) is 0 Å². The quantitative estimate of drug-likeness (QED) is 0.429. The highest BCUT2D eigenvalue weighted by atomic mass is 16.1. The van der Waals surface area contributed by atoms with Gasteiger partial charge in [0.2, 0.25) is 5.78 Å². The summed E-state index contributed by atoms with van der Waals surface area (Å²) in [5.74, 6) is 0.616. The first-order chi connectivity index (χ1) is 16.0. The summed E-state index contributed by atoms with van der Waals surface area (Å²) in [7, 11) is 0. The Morgan fingerprint density at radius 2 is 1.82 bits per heavy atom. The smallest absolute Gasteiger partial charge is 0.215 e. The van der Waals surface area contributed by atoms with E-state index in [9.17, 15) is 9.59 Å². The van der Waals surface area contributed by atoms with Crippen molar-refractivity contribution in [1.29, 1.82) is 0 Å². The van der Waals surface area contributed by atoms with Crippen molar-refractivity contribution in [2.24, 2.45) is 5.92 Å². The second kappa shape index (κ2) is 8.43. The van der Waals surface area contributed by atoms with Gasteiger partial charge in [0.1, 0.15) is 18.5 Å². The zero-order chi connectivity index (χ0) is 22.9. The van der Waals surface area contributed by atoms with Crippen molar-refractivity contribution < 1.29 is 9.59 Å². The molecule has 0 unspecified atom stereocenters. The lowest BCUT2D eigenvalue weighted by atomic mass is 10.0. The topological polar surface area (TPSA) is 104 Å². The summed E-state index contributed by atoms with van der Waals surface area (Å²) >= 11 is 0. The maximum absolute atomic E-state index is 13.2. The molecule has 0 radical (unpaired) electrons. The number of carbonyl (C=O) groups excluding carboxylic acids is 2. The molecule has 0 saturated heterocycles. The van der Waals surface area contributed by atoms with E-state index in [2.05, 4.69) is 15.0 Å². The van der Waals surface area contributed by atoms with Crippen LogP contribution in [0.1, 0.15) is 51.2 Å². The van der Waals surface area contributed by atoms with Gasteiger partial charge in [0, 0.05) is 35.5 Å². The van der Waals surface area contributed by atoms with Crippen LogP contribution in [-0.2, 0) is 0 Å². The molecule has 2 heterocycles. The maximum atomic E-state index is 13.2. The van der Waals surface area contributed by atoms with Crippen molar-refractivity contribution in [3.05, 3.63) is 89.9 Å². The molecular weight excluding hydrogens is 414 g/mol. The van der Waals surface area contributed by atoms with Gasteiger partial charge >= 0.3 is 0 Å². The average Bonchev–Trinajstić information content (AvgIpc) is 3.58. The molecule has 1 fully saturated rings. The Hall–Kier alpha value is -4.13. The highest BCUT2D eigenvalue weighted by molar-refractivity contribution is 6.11. The maximum Gasteiger partial charge on any atom is 0.215 e. The summed E-state index contributed by atoms with van der Waals surface area (Å²) in [6.45, 7) is 1.94. The summed E-state index contributed by atoms with van der Waals surface area (Å²) < 4.78 is 1.67. The second-order valence-corrected chi connectivity index (χ2v) is 8.46. The molecule has 2 aromatic carbocycles. The van der Waals surface area contributed by atoms with Crippen LogP contribution in [0.3, 0.4) is 0 Å². The zero-order valence-corrected chi connectivity index (χ0v) is 18.2. The van der Waals surface area contributed by atoms with Crippen LogP contribution in [0.25, 0.3) is 16.8 Å². The third kappa shape index (κ3) is 4.17. The first-order valence-corrected chi connectivity index (χ1v) is 10.9. The first-order valence-electron chi connectivity index (χ1n) is 10.9. The van der Waals surface area contributed by atoms with Crippen molar-refractivity contribution >= 4 is 17.4 Å². The molecule has 7 nitrogen and oxygen atoms in total. The van der Waals surface area contributed by atoms with Crippen LogP contribution in [0.15, 0.2) is 67.5 Å². The fourth-order valence-electron chi connectivity index (χ4n) is 3.89. The summed E-state index contributed by atoms with van der Waals surface area (Å²) in [4.78, 5) is 38.2. The van der Waals surface area contributed by atoms with E-state index in [1.807, 2.05) is 37.3 Å². The third-order valence-electron chi connectivity index (χ3n) is 6.00. The number of carbonyl (C=O) groups is 2. The lowest BCUT2D eigenvalue weighted by molar-refractivity contribution is 0.0975. The standard InChI is InChI=1S/C26H23N5O2/c1-16-5-8-19(23(32)9-17-6-7-17)11-22(16)31-15-30-24(26(31)27)25(33)20-4-2-3-18(10-20)21-12-28-14-29-13-21/h2-5,8,10-15,17H,6-7,9,27H2,1H3. The first kappa shape index (κ1) is 20.8. The van der Waals surface area contributed by atoms with Crippen LogP contribution in [0.4, 0.5) is 5.82 Å². The van der Waals surface area contributed by atoms with Crippen LogP contribution in [0.2, 0.25) is 0 Å². The number of ketones is 2. The van der Waals surface area contributed by atoms with Gasteiger partial charge in [-0.2, -0.15) is 0 Å². The van der Waals surface area contributed by atoms with Gasteiger partial charge in [0.15, 0.2) is 11.5 Å². The van der Waals surface area contributed by atoms with Gasteiger partial charge in [-0.25, -0.2) is 15.0 Å². The third-order valence-corrected chi connectivity index (χ3v) is 6.00. The largest absolute Gasteiger partial charge is 0.383 e. The van der Waals surface area contributed by atoms with E-state index in [0.29, 0.717) is 23.5 Å². The number of Topliss-reactive ketones (excluding diaryl/α,β-unsaturated/α-hetero) is 1. The van der Waals surface area contributed by atoms with E-state index in [4.69, 9.17) is 5.73 Å². The number of aryl methyl sites for hydroxylation is 1. The van der Waals surface area contributed by atoms with Gasteiger partial charge in [-0.15, -0.1) is 0 Å². The Morgan fingerprint density at radius 1 is 1.03 bits per heavy atom. The van der Waals surface area contributed by atoms with E-state index in [-0.39, 0.29) is 23.1 Å². The van der Waals surface area contributed by atoms with Crippen LogP contribution in [0.5, 0.6) is 0 Å². The number of nitrogens with two attached hydrogens (primary N) is 1. The molecule has 1 aliphatic carbocycles. The van der Waals surface area contributed by atoms with Gasteiger partial charge in [0.25, 0.3) is 0 Å². The highest BCUT2D eigenvalue weighted by Gasteiger charge is 2.25. The van der Waals surface area contributed by atoms with Crippen LogP contribution in [-0.4, -0.2) is 31.1 Å². The predicted molar refractivity (Wildman–Crippen MR) is 125 cm³/mol. The summed E-state index contributed by atoms with van der Waals surface area (Å²) in [6.07, 6.45) is 9.22. The van der Waals surface area contributed by atoms with Crippen molar-refractivity contribution in [2.45, 2.75) is 26.2 Å². The molecule has 0 spiro atoms. The summed E-state index contributed by atoms with van der Waals surface area (Å²) in [5, 5.41) is 0. The van der Waals surface area contributed by atoms with Gasteiger partial charge in [-0.05, 0) is 48.9 Å². The monoisotopic (exact) mass is 437 g/mol. The zero-order valence-electron chi connectivity index (χ0n) is 18.2. The lowest BCUT2D eigenvalue weighted by Gasteiger charge is -2.11. The van der Waals surface area contributed by atoms with Crippen LogP contribution < -0.4 is 5.73 Å². The number of imidazole rings is 1. The molecular formula is C26H23N5O2. The number of benzene rings is 2. The van der Waals surface area contributed by atoms with E-state index in [1.165, 1.54) is 12.7 Å². The minimum Gasteiger partial charge on any atom is -0.383 e. The van der Waals surface area contributed by atoms with Gasteiger partial charge in [-0.3, -0.25) is 14.2 Å². The van der Waals surface area contributed by atoms with Crippen molar-refractivity contribution in [2.75, 3.05) is 5.73 Å². The van der Waals surface area contributed by atoms with Gasteiger partial charge < -0.3 is 5.73 Å². The SMILES string of the molecule is Cc1ccc(C(=O)CC2CC2)cc1-n1cnc(C(=O)c2cccc(-c3cncnc3)c2)c1N. The van der Waals surface area contributed by atoms with E-state index in [1.54, 1.807) is 29.1 Å². The minimum absolute atomic E-state index is 0.135. The fourth-order valence-corrected chi connectivity index (χ4v) is 3.89. The number of anilines is 1. The van der Waals surface area contributed by atoms with E-state index in [0.717, 1.165) is 35.2 Å². The van der Waals surface area contributed by atoms with Gasteiger partial charge in [-0.1, -0.05) is 30.3 Å². The Labute approximate surface area is 191 Å². The molecule has 1 aliphatic rings. The Morgan fingerprint density at radius 3 is 2.58 bits per heavy atom. The molecule has 2 aromatic heterocycles. The van der Waals surface area contributed by atoms with Gasteiger partial charge in [0.05, 0.1) is 5.69 Å². The number of nitrogens with zero attached hydrogens (tertiary/aromatic N) is 4. The minimum atomic E-state index is -0.274. The second-order valence-electron chi connectivity index (χ2n) is 8.46. The number of rotatable bonds is 7. The lowest BCUT2D eigenvalue weighted by Crippen LogP contribution is -2.09. The van der Waals surface area contributed by atoms with E-state index >= 15 is 0 Å². The molecule has 5 rings (SSSR count). The predicted octanol–water partition coefficient (Wildman–Crippen LogP) is 4.43. The molecule has 0 bridgehead atoms. The molecule has 2 N–H and O–H groups in total. The molecule has 0 aliphatic heterocycles. The number of hydrogen-bond acceptors (Lipinski definition) is 6. The van der Waals surface area contributed by atoms with Crippen LogP contribution in [0, 0.1) is 12.8 Å². The Balaban J connectivity index is 1.46. The number of nitrogen functional groups attached to an aromatic ring is 1. The molecule has 1 saturated carbocycles. The Kier molecular flexibility index (Phi) is 5.30. The van der Waals surface area contributed by atoms with Crippen LogP contribution >= 0.6 is 0 Å².